The van der Waals surface area contributed by atoms with E-state index in [1.165, 1.54) is 12.0 Å². The lowest BCUT2D eigenvalue weighted by Crippen LogP contribution is -2.16. The summed E-state index contributed by atoms with van der Waals surface area (Å²) in [5, 5.41) is 12.4. The Balaban J connectivity index is 1.84. The second-order valence-corrected chi connectivity index (χ2v) is 4.17. The van der Waals surface area contributed by atoms with Gasteiger partial charge in [-0.1, -0.05) is 31.2 Å². The summed E-state index contributed by atoms with van der Waals surface area (Å²) in [5.74, 6) is 0.853. The fourth-order valence-corrected chi connectivity index (χ4v) is 1.62. The topological polar surface area (TPSA) is 32.3 Å². The average molecular weight is 191 g/mol. The van der Waals surface area contributed by atoms with Crippen LogP contribution in [-0.4, -0.2) is 11.1 Å². The van der Waals surface area contributed by atoms with E-state index in [0.717, 1.165) is 24.1 Å². The maximum atomic E-state index is 8.88. The summed E-state index contributed by atoms with van der Waals surface area (Å²) >= 11 is 0. The van der Waals surface area contributed by atoms with Gasteiger partial charge >= 0.3 is 0 Å². The first-order valence-corrected chi connectivity index (χ1v) is 5.21. The molecule has 1 saturated carbocycles. The predicted octanol–water partition coefficient (Wildman–Crippen LogP) is 1.68. The lowest BCUT2D eigenvalue weighted by atomic mass is 10.1. The van der Waals surface area contributed by atoms with Gasteiger partial charge in [-0.15, -0.1) is 0 Å². The molecular weight excluding hydrogens is 174 g/mol. The molecular formula is C12H17NO. The zero-order valence-electron chi connectivity index (χ0n) is 8.53. The Morgan fingerprint density at radius 3 is 2.36 bits per heavy atom. The third kappa shape index (κ3) is 2.34. The molecule has 76 valence electrons. The van der Waals surface area contributed by atoms with Crippen molar-refractivity contribution in [3.63, 3.8) is 0 Å². The van der Waals surface area contributed by atoms with Crippen LogP contribution in [0.5, 0.6) is 0 Å². The van der Waals surface area contributed by atoms with Crippen molar-refractivity contribution in [2.75, 3.05) is 0 Å². The molecule has 0 spiro atoms. The van der Waals surface area contributed by atoms with E-state index >= 15 is 0 Å². The third-order valence-corrected chi connectivity index (χ3v) is 2.88. The highest BCUT2D eigenvalue weighted by Crippen LogP contribution is 2.29. The van der Waals surface area contributed by atoms with Gasteiger partial charge in [0.15, 0.2) is 0 Å². The van der Waals surface area contributed by atoms with E-state index in [1.54, 1.807) is 0 Å². The number of benzene rings is 1. The molecule has 2 rings (SSSR count). The predicted molar refractivity (Wildman–Crippen MR) is 56.8 cm³/mol. The molecule has 2 nitrogen and oxygen atoms in total. The zero-order chi connectivity index (χ0) is 9.97. The molecule has 1 aromatic rings. The van der Waals surface area contributed by atoms with Crippen molar-refractivity contribution < 1.29 is 5.11 Å². The molecule has 2 N–H and O–H groups in total. The minimum Gasteiger partial charge on any atom is -0.392 e. The molecule has 0 aliphatic heterocycles. The van der Waals surface area contributed by atoms with Crippen molar-refractivity contribution in [3.05, 3.63) is 35.4 Å². The van der Waals surface area contributed by atoms with Crippen molar-refractivity contribution in [1.29, 1.82) is 0 Å². The molecule has 1 aliphatic carbocycles. The van der Waals surface area contributed by atoms with E-state index in [4.69, 9.17) is 5.11 Å². The molecule has 0 heterocycles. The average Bonchev–Trinajstić information content (AvgIpc) is 2.92. The third-order valence-electron chi connectivity index (χ3n) is 2.88. The molecule has 1 fully saturated rings. The van der Waals surface area contributed by atoms with Crippen molar-refractivity contribution >= 4 is 0 Å². The summed E-state index contributed by atoms with van der Waals surface area (Å²) < 4.78 is 0. The van der Waals surface area contributed by atoms with Gasteiger partial charge in [0.05, 0.1) is 6.61 Å². The van der Waals surface area contributed by atoms with E-state index in [9.17, 15) is 0 Å². The fraction of sp³-hybridized carbons (Fsp3) is 0.500. The highest BCUT2D eigenvalue weighted by Gasteiger charge is 2.31. The van der Waals surface area contributed by atoms with E-state index in [1.807, 2.05) is 12.1 Å². The molecule has 0 aromatic heterocycles. The molecule has 0 radical (unpaired) electrons. The summed E-state index contributed by atoms with van der Waals surface area (Å²) in [6, 6.07) is 8.84. The Hall–Kier alpha value is -0.860. The highest BCUT2D eigenvalue weighted by molar-refractivity contribution is 5.22. The van der Waals surface area contributed by atoms with Crippen molar-refractivity contribution in [2.45, 2.75) is 32.5 Å². The number of rotatable bonds is 4. The molecule has 2 unspecified atom stereocenters. The largest absolute Gasteiger partial charge is 0.392 e. The first-order chi connectivity index (χ1) is 6.79. The SMILES string of the molecule is CC1CC1NCc1ccc(CO)cc1. The van der Waals surface area contributed by atoms with Crippen LogP contribution in [0.3, 0.4) is 0 Å². The second kappa shape index (κ2) is 4.11. The summed E-state index contributed by atoms with van der Waals surface area (Å²) in [7, 11) is 0. The summed E-state index contributed by atoms with van der Waals surface area (Å²) in [5.41, 5.74) is 2.27. The van der Waals surface area contributed by atoms with Gasteiger partial charge in [0.1, 0.15) is 0 Å². The van der Waals surface area contributed by atoms with Crippen molar-refractivity contribution in [3.8, 4) is 0 Å². The van der Waals surface area contributed by atoms with E-state index < -0.39 is 0 Å². The van der Waals surface area contributed by atoms with Crippen molar-refractivity contribution in [1.82, 2.24) is 5.32 Å². The number of hydrogen-bond acceptors (Lipinski definition) is 2. The van der Waals surface area contributed by atoms with Gasteiger partial charge in [0.2, 0.25) is 0 Å². The normalized spacial score (nSPS) is 25.0. The molecule has 2 atom stereocenters. The van der Waals surface area contributed by atoms with Crippen LogP contribution in [0.15, 0.2) is 24.3 Å². The van der Waals surface area contributed by atoms with Gasteiger partial charge in [-0.05, 0) is 23.5 Å². The van der Waals surface area contributed by atoms with Crippen LogP contribution in [0.2, 0.25) is 0 Å². The summed E-state index contributed by atoms with van der Waals surface area (Å²) in [6.45, 7) is 3.35. The van der Waals surface area contributed by atoms with Crippen LogP contribution in [0.25, 0.3) is 0 Å². The van der Waals surface area contributed by atoms with Crippen LogP contribution in [0.1, 0.15) is 24.5 Å². The number of hydrogen-bond donors (Lipinski definition) is 2. The molecule has 14 heavy (non-hydrogen) atoms. The van der Waals surface area contributed by atoms with Gasteiger partial charge in [-0.3, -0.25) is 0 Å². The van der Waals surface area contributed by atoms with E-state index in [-0.39, 0.29) is 6.61 Å². The standard InChI is InChI=1S/C12H17NO/c1-9-6-12(9)13-7-10-2-4-11(8-14)5-3-10/h2-5,9,12-14H,6-8H2,1H3. The first kappa shape index (κ1) is 9.69. The van der Waals surface area contributed by atoms with Crippen LogP contribution >= 0.6 is 0 Å². The second-order valence-electron chi connectivity index (χ2n) is 4.17. The lowest BCUT2D eigenvalue weighted by Gasteiger charge is -2.04. The minimum absolute atomic E-state index is 0.132. The monoisotopic (exact) mass is 191 g/mol. The maximum absolute atomic E-state index is 8.88. The summed E-state index contributed by atoms with van der Waals surface area (Å²) in [4.78, 5) is 0. The minimum atomic E-state index is 0.132. The number of aliphatic hydroxyl groups excluding tert-OH is 1. The van der Waals surface area contributed by atoms with Gasteiger partial charge in [-0.2, -0.15) is 0 Å². The maximum Gasteiger partial charge on any atom is 0.0681 e. The Morgan fingerprint density at radius 1 is 1.29 bits per heavy atom. The van der Waals surface area contributed by atoms with E-state index in [2.05, 4.69) is 24.4 Å². The van der Waals surface area contributed by atoms with Gasteiger partial charge in [-0.25, -0.2) is 0 Å². The van der Waals surface area contributed by atoms with Gasteiger partial charge < -0.3 is 10.4 Å². The molecule has 0 saturated heterocycles. The molecule has 0 bridgehead atoms. The Labute approximate surface area is 85.0 Å². The van der Waals surface area contributed by atoms with Crippen LogP contribution in [-0.2, 0) is 13.2 Å². The summed E-state index contributed by atoms with van der Waals surface area (Å²) in [6.07, 6.45) is 1.31. The lowest BCUT2D eigenvalue weighted by molar-refractivity contribution is 0.282. The van der Waals surface area contributed by atoms with Gasteiger partial charge in [0, 0.05) is 12.6 Å². The first-order valence-electron chi connectivity index (χ1n) is 5.21. The molecule has 0 amide bonds. The molecule has 1 aliphatic rings. The Kier molecular flexibility index (Phi) is 2.85. The van der Waals surface area contributed by atoms with E-state index in [0.29, 0.717) is 0 Å². The fourth-order valence-electron chi connectivity index (χ4n) is 1.62. The van der Waals surface area contributed by atoms with Crippen LogP contribution in [0, 0.1) is 5.92 Å². The van der Waals surface area contributed by atoms with Crippen molar-refractivity contribution in [2.24, 2.45) is 5.92 Å². The smallest absolute Gasteiger partial charge is 0.0681 e. The van der Waals surface area contributed by atoms with Gasteiger partial charge in [0.25, 0.3) is 0 Å². The Morgan fingerprint density at radius 2 is 1.86 bits per heavy atom. The molecule has 1 aromatic carbocycles. The highest BCUT2D eigenvalue weighted by atomic mass is 16.3. The zero-order valence-corrected chi connectivity index (χ0v) is 8.53. The van der Waals surface area contributed by atoms with Crippen LogP contribution in [0.4, 0.5) is 0 Å². The number of nitrogens with one attached hydrogen (secondary N) is 1. The molecule has 2 heteroatoms. The Bertz CT molecular complexity index is 294. The van der Waals surface area contributed by atoms with Crippen LogP contribution < -0.4 is 5.32 Å². The number of aliphatic hydroxyl groups is 1. The quantitative estimate of drug-likeness (QED) is 0.759.